The quantitative estimate of drug-likeness (QED) is 0.655. The van der Waals surface area contributed by atoms with Gasteiger partial charge in [-0.25, -0.2) is 0 Å². The zero-order valence-corrected chi connectivity index (χ0v) is 12.7. The molecule has 0 saturated carbocycles. The highest BCUT2D eigenvalue weighted by atomic mass is 16.5. The number of nitrogens with zero attached hydrogens (tertiary/aromatic N) is 1. The largest absolute Gasteiger partial charge is 0.496 e. The third-order valence-corrected chi connectivity index (χ3v) is 3.45. The summed E-state index contributed by atoms with van der Waals surface area (Å²) in [5.41, 5.74) is 9.73. The van der Waals surface area contributed by atoms with Crippen LogP contribution in [0.3, 0.4) is 0 Å². The Labute approximate surface area is 125 Å². The van der Waals surface area contributed by atoms with E-state index in [0.29, 0.717) is 11.3 Å². The number of aryl methyl sites for hydroxylation is 1. The van der Waals surface area contributed by atoms with E-state index in [0.717, 1.165) is 17.8 Å². The Morgan fingerprint density at radius 3 is 2.43 bits per heavy atom. The fourth-order valence-corrected chi connectivity index (χ4v) is 2.23. The normalized spacial score (nSPS) is 10.2. The minimum atomic E-state index is 0.0201. The van der Waals surface area contributed by atoms with Crippen molar-refractivity contribution >= 4 is 11.5 Å². The molecule has 21 heavy (non-hydrogen) atoms. The number of nitrogens with one attached hydrogen (secondary N) is 1. The third kappa shape index (κ3) is 3.54. The van der Waals surface area contributed by atoms with Crippen molar-refractivity contribution < 1.29 is 4.74 Å². The summed E-state index contributed by atoms with van der Waals surface area (Å²) in [5.74, 6) is 0.649. The van der Waals surface area contributed by atoms with E-state index in [1.54, 1.807) is 7.11 Å². The van der Waals surface area contributed by atoms with Crippen LogP contribution in [-0.2, 0) is 6.54 Å². The average Bonchev–Trinajstić information content (AvgIpc) is 2.47. The predicted octanol–water partition coefficient (Wildman–Crippen LogP) is 2.92. The lowest BCUT2D eigenvalue weighted by Gasteiger charge is -2.20. The van der Waals surface area contributed by atoms with Gasteiger partial charge in [0, 0.05) is 19.3 Å². The van der Waals surface area contributed by atoms with Crippen LogP contribution in [0.4, 0.5) is 5.69 Å². The van der Waals surface area contributed by atoms with E-state index in [2.05, 4.69) is 36.1 Å². The lowest BCUT2D eigenvalue weighted by molar-refractivity contribution is 0.413. The summed E-state index contributed by atoms with van der Waals surface area (Å²) in [6, 6.07) is 14.2. The van der Waals surface area contributed by atoms with Crippen LogP contribution in [0.1, 0.15) is 16.7 Å². The van der Waals surface area contributed by atoms with Crippen LogP contribution in [0.15, 0.2) is 42.5 Å². The van der Waals surface area contributed by atoms with Crippen LogP contribution in [-0.4, -0.2) is 20.0 Å². The molecule has 0 aliphatic carbocycles. The molecule has 3 N–H and O–H groups in total. The molecule has 2 aromatic carbocycles. The van der Waals surface area contributed by atoms with Gasteiger partial charge in [0.2, 0.25) is 0 Å². The Morgan fingerprint density at radius 2 is 1.86 bits per heavy atom. The lowest BCUT2D eigenvalue weighted by Crippen LogP contribution is -2.18. The summed E-state index contributed by atoms with van der Waals surface area (Å²) in [6.07, 6.45) is 0. The molecule has 0 atom stereocenters. The maximum absolute atomic E-state index is 7.63. The standard InChI is InChI=1S/C17H21N3O/c1-12-4-7-14(8-5-12)20(2)11-13-6-9-16(21-3)15(10-13)17(18)19/h4-10H,11H2,1-3H3,(H3,18,19). The molecule has 0 radical (unpaired) electrons. The first-order valence-corrected chi connectivity index (χ1v) is 6.80. The molecule has 2 aromatic rings. The van der Waals surface area contributed by atoms with Crippen LogP contribution in [0, 0.1) is 12.3 Å². The van der Waals surface area contributed by atoms with E-state index >= 15 is 0 Å². The van der Waals surface area contributed by atoms with E-state index in [9.17, 15) is 0 Å². The van der Waals surface area contributed by atoms with Crippen molar-refractivity contribution in [1.29, 1.82) is 5.41 Å². The Balaban J connectivity index is 2.21. The van der Waals surface area contributed by atoms with E-state index in [1.165, 1.54) is 5.56 Å². The topological polar surface area (TPSA) is 62.3 Å². The number of hydrogen-bond acceptors (Lipinski definition) is 3. The fraction of sp³-hybridized carbons (Fsp3) is 0.235. The van der Waals surface area contributed by atoms with Crippen molar-refractivity contribution in [3.05, 3.63) is 59.2 Å². The molecule has 0 heterocycles. The van der Waals surface area contributed by atoms with Crippen molar-refractivity contribution in [1.82, 2.24) is 0 Å². The molecular weight excluding hydrogens is 262 g/mol. The van der Waals surface area contributed by atoms with Gasteiger partial charge < -0.3 is 15.4 Å². The number of ether oxygens (including phenoxy) is 1. The van der Waals surface area contributed by atoms with E-state index in [4.69, 9.17) is 15.9 Å². The van der Waals surface area contributed by atoms with Crippen LogP contribution >= 0.6 is 0 Å². The highest BCUT2D eigenvalue weighted by Crippen LogP contribution is 2.22. The zero-order valence-electron chi connectivity index (χ0n) is 12.7. The Hall–Kier alpha value is -2.49. The fourth-order valence-electron chi connectivity index (χ4n) is 2.23. The van der Waals surface area contributed by atoms with Crippen LogP contribution in [0.5, 0.6) is 5.75 Å². The number of methoxy groups -OCH3 is 1. The molecule has 4 nitrogen and oxygen atoms in total. The van der Waals surface area contributed by atoms with Crippen LogP contribution in [0.2, 0.25) is 0 Å². The van der Waals surface area contributed by atoms with Gasteiger partial charge in [-0.05, 0) is 36.8 Å². The molecule has 2 rings (SSSR count). The molecule has 0 spiro atoms. The summed E-state index contributed by atoms with van der Waals surface area (Å²) < 4.78 is 5.23. The van der Waals surface area contributed by atoms with E-state index in [1.807, 2.05) is 25.2 Å². The van der Waals surface area contributed by atoms with Gasteiger partial charge in [-0.3, -0.25) is 5.41 Å². The number of hydrogen-bond donors (Lipinski definition) is 2. The number of anilines is 1. The van der Waals surface area contributed by atoms with Crippen LogP contribution in [0.25, 0.3) is 0 Å². The van der Waals surface area contributed by atoms with Gasteiger partial charge in [0.05, 0.1) is 12.7 Å². The number of rotatable bonds is 5. The number of nitrogen functional groups attached to an aromatic ring is 1. The molecule has 0 aliphatic rings. The lowest BCUT2D eigenvalue weighted by atomic mass is 10.1. The molecular formula is C17H21N3O. The van der Waals surface area contributed by atoms with Crippen molar-refractivity contribution in [2.24, 2.45) is 5.73 Å². The monoisotopic (exact) mass is 283 g/mol. The van der Waals surface area contributed by atoms with Gasteiger partial charge >= 0.3 is 0 Å². The molecule has 0 aliphatic heterocycles. The molecule has 0 fully saturated rings. The highest BCUT2D eigenvalue weighted by molar-refractivity contribution is 5.97. The summed E-state index contributed by atoms with van der Waals surface area (Å²) in [5, 5.41) is 7.63. The maximum Gasteiger partial charge on any atom is 0.129 e. The minimum Gasteiger partial charge on any atom is -0.496 e. The van der Waals surface area contributed by atoms with Gasteiger partial charge in [-0.2, -0.15) is 0 Å². The molecule has 110 valence electrons. The predicted molar refractivity (Wildman–Crippen MR) is 87.3 cm³/mol. The van der Waals surface area contributed by atoms with Gasteiger partial charge in [-0.1, -0.05) is 23.8 Å². The molecule has 0 saturated heterocycles. The molecule has 0 unspecified atom stereocenters. The first-order chi connectivity index (χ1) is 10.0. The maximum atomic E-state index is 7.63. The van der Waals surface area contributed by atoms with Crippen molar-refractivity contribution in [3.63, 3.8) is 0 Å². The second kappa shape index (κ2) is 6.31. The second-order valence-electron chi connectivity index (χ2n) is 5.14. The molecule has 4 heteroatoms. The van der Waals surface area contributed by atoms with Gasteiger partial charge in [0.15, 0.2) is 0 Å². The average molecular weight is 283 g/mol. The molecule has 0 amide bonds. The number of benzene rings is 2. The Morgan fingerprint density at radius 1 is 1.19 bits per heavy atom. The van der Waals surface area contributed by atoms with Gasteiger partial charge in [0.25, 0.3) is 0 Å². The summed E-state index contributed by atoms with van der Waals surface area (Å²) in [7, 11) is 3.63. The molecule has 0 bridgehead atoms. The van der Waals surface area contributed by atoms with Crippen LogP contribution < -0.4 is 15.4 Å². The first-order valence-electron chi connectivity index (χ1n) is 6.80. The van der Waals surface area contributed by atoms with Crippen molar-refractivity contribution in [2.45, 2.75) is 13.5 Å². The minimum absolute atomic E-state index is 0.0201. The van der Waals surface area contributed by atoms with Gasteiger partial charge in [-0.15, -0.1) is 0 Å². The third-order valence-electron chi connectivity index (χ3n) is 3.45. The summed E-state index contributed by atoms with van der Waals surface area (Å²) >= 11 is 0. The summed E-state index contributed by atoms with van der Waals surface area (Å²) in [4.78, 5) is 2.16. The van der Waals surface area contributed by atoms with Gasteiger partial charge in [0.1, 0.15) is 11.6 Å². The van der Waals surface area contributed by atoms with E-state index < -0.39 is 0 Å². The van der Waals surface area contributed by atoms with E-state index in [-0.39, 0.29) is 5.84 Å². The number of amidine groups is 1. The SMILES string of the molecule is COc1ccc(CN(C)c2ccc(C)cc2)cc1C(=N)N. The smallest absolute Gasteiger partial charge is 0.129 e. The number of nitrogens with two attached hydrogens (primary N) is 1. The molecule has 0 aromatic heterocycles. The van der Waals surface area contributed by atoms with Crippen molar-refractivity contribution in [3.8, 4) is 5.75 Å². The first kappa shape index (κ1) is 14.9. The Bertz CT molecular complexity index is 635. The second-order valence-corrected chi connectivity index (χ2v) is 5.14. The Kier molecular flexibility index (Phi) is 4.48. The van der Waals surface area contributed by atoms with Crippen molar-refractivity contribution in [2.75, 3.05) is 19.1 Å². The summed E-state index contributed by atoms with van der Waals surface area (Å²) in [6.45, 7) is 2.82. The highest BCUT2D eigenvalue weighted by Gasteiger charge is 2.09. The zero-order chi connectivity index (χ0) is 15.4.